The van der Waals surface area contributed by atoms with E-state index in [9.17, 15) is 14.0 Å². The second-order valence-electron chi connectivity index (χ2n) is 2.67. The van der Waals surface area contributed by atoms with Gasteiger partial charge in [0.1, 0.15) is 5.82 Å². The first-order chi connectivity index (χ1) is 7.06. The van der Waals surface area contributed by atoms with Crippen molar-refractivity contribution in [3.63, 3.8) is 0 Å². The van der Waals surface area contributed by atoms with Crippen LogP contribution >= 0.6 is 22.6 Å². The Hall–Kier alpha value is -0.980. The van der Waals surface area contributed by atoms with Crippen LogP contribution in [0.4, 0.5) is 4.39 Å². The lowest BCUT2D eigenvalue weighted by atomic mass is 10.1. The summed E-state index contributed by atoms with van der Waals surface area (Å²) in [6.45, 7) is 1.67. The van der Waals surface area contributed by atoms with Gasteiger partial charge in [0, 0.05) is 3.57 Å². The largest absolute Gasteiger partial charge is 0.460 e. The van der Waals surface area contributed by atoms with E-state index in [4.69, 9.17) is 0 Å². The van der Waals surface area contributed by atoms with E-state index in [0.717, 1.165) is 6.07 Å². The number of rotatable bonds is 3. The molecule has 15 heavy (non-hydrogen) atoms. The Kier molecular flexibility index (Phi) is 4.19. The fourth-order valence-electron chi connectivity index (χ4n) is 0.978. The van der Waals surface area contributed by atoms with Crippen molar-refractivity contribution in [1.82, 2.24) is 0 Å². The maximum atomic E-state index is 13.2. The van der Waals surface area contributed by atoms with E-state index in [1.54, 1.807) is 6.92 Å². The number of ketones is 1. The molecular weight excluding hydrogens is 314 g/mol. The number of carbonyl (C=O) groups excluding carboxylic acids is 2. The normalized spacial score (nSPS) is 9.80. The number of ether oxygens (including phenoxy) is 1. The average Bonchev–Trinajstić information content (AvgIpc) is 2.21. The third kappa shape index (κ3) is 2.98. The zero-order valence-corrected chi connectivity index (χ0v) is 10.1. The molecule has 0 aliphatic rings. The van der Waals surface area contributed by atoms with Gasteiger partial charge in [-0.2, -0.15) is 0 Å². The predicted molar refractivity (Wildman–Crippen MR) is 60.1 cm³/mol. The van der Waals surface area contributed by atoms with Crippen molar-refractivity contribution in [3.8, 4) is 0 Å². The fraction of sp³-hybridized carbons (Fsp3) is 0.200. The summed E-state index contributed by atoms with van der Waals surface area (Å²) in [7, 11) is 0. The first-order valence-electron chi connectivity index (χ1n) is 4.22. The van der Waals surface area contributed by atoms with Crippen molar-refractivity contribution in [1.29, 1.82) is 0 Å². The Morgan fingerprint density at radius 3 is 2.73 bits per heavy atom. The standard InChI is InChI=1S/C10H8FIO3/c1-2-15-10(14)9(13)7-5-6(12)3-4-8(7)11/h3-5H,2H2,1H3. The summed E-state index contributed by atoms with van der Waals surface area (Å²) in [5.74, 6) is -2.69. The van der Waals surface area contributed by atoms with Gasteiger partial charge in [-0.15, -0.1) is 0 Å². The highest BCUT2D eigenvalue weighted by Gasteiger charge is 2.21. The molecule has 0 N–H and O–H groups in total. The number of esters is 1. The van der Waals surface area contributed by atoms with Crippen molar-refractivity contribution < 1.29 is 18.7 Å². The number of carbonyl (C=O) groups is 2. The molecule has 0 amide bonds. The highest BCUT2D eigenvalue weighted by Crippen LogP contribution is 2.13. The van der Waals surface area contributed by atoms with Gasteiger partial charge in [0.25, 0.3) is 5.78 Å². The Morgan fingerprint density at radius 2 is 2.13 bits per heavy atom. The average molecular weight is 322 g/mol. The van der Waals surface area contributed by atoms with E-state index >= 15 is 0 Å². The molecule has 0 unspecified atom stereocenters. The maximum Gasteiger partial charge on any atom is 0.379 e. The van der Waals surface area contributed by atoms with Crippen LogP contribution in [0.25, 0.3) is 0 Å². The summed E-state index contributed by atoms with van der Waals surface area (Å²) in [6.07, 6.45) is 0. The van der Waals surface area contributed by atoms with Gasteiger partial charge in [0.2, 0.25) is 0 Å². The third-order valence-electron chi connectivity index (χ3n) is 1.63. The molecule has 0 atom stereocenters. The minimum Gasteiger partial charge on any atom is -0.460 e. The highest BCUT2D eigenvalue weighted by atomic mass is 127. The Labute approximate surface area is 99.8 Å². The van der Waals surface area contributed by atoms with Crippen molar-refractivity contribution in [3.05, 3.63) is 33.1 Å². The van der Waals surface area contributed by atoms with Crippen LogP contribution in [0.1, 0.15) is 17.3 Å². The van der Waals surface area contributed by atoms with Crippen LogP contribution in [0, 0.1) is 9.39 Å². The first kappa shape index (κ1) is 12.1. The summed E-state index contributed by atoms with van der Waals surface area (Å²) in [5, 5.41) is 0. The molecule has 0 radical (unpaired) electrons. The Bertz CT molecular complexity index is 404. The maximum absolute atomic E-state index is 13.2. The second-order valence-corrected chi connectivity index (χ2v) is 3.92. The molecule has 1 aromatic carbocycles. The molecular formula is C10H8FIO3. The zero-order chi connectivity index (χ0) is 11.4. The predicted octanol–water partition coefficient (Wildman–Crippen LogP) is 2.18. The SMILES string of the molecule is CCOC(=O)C(=O)c1cc(I)ccc1F. The summed E-state index contributed by atoms with van der Waals surface area (Å²) >= 11 is 1.93. The van der Waals surface area contributed by atoms with Crippen LogP contribution in [-0.2, 0) is 9.53 Å². The zero-order valence-electron chi connectivity index (χ0n) is 7.92. The Balaban J connectivity index is 3.00. The van der Waals surface area contributed by atoms with Crippen molar-refractivity contribution in [2.45, 2.75) is 6.92 Å². The molecule has 0 bridgehead atoms. The number of benzene rings is 1. The lowest BCUT2D eigenvalue weighted by Gasteiger charge is -2.02. The number of halogens is 2. The van der Waals surface area contributed by atoms with Gasteiger partial charge < -0.3 is 4.74 Å². The molecule has 0 saturated carbocycles. The fourth-order valence-corrected chi connectivity index (χ4v) is 1.47. The van der Waals surface area contributed by atoms with Crippen molar-refractivity contribution in [2.24, 2.45) is 0 Å². The molecule has 0 heterocycles. The molecule has 0 aromatic heterocycles. The lowest BCUT2D eigenvalue weighted by molar-refractivity contribution is -0.137. The van der Waals surface area contributed by atoms with Gasteiger partial charge in [-0.05, 0) is 47.7 Å². The summed E-state index contributed by atoms with van der Waals surface area (Å²) in [5.41, 5.74) is -0.250. The topological polar surface area (TPSA) is 43.4 Å². The molecule has 5 heteroatoms. The minimum atomic E-state index is -1.03. The molecule has 0 spiro atoms. The number of Topliss-reactive ketones (excluding diaryl/α,β-unsaturated/α-hetero) is 1. The summed E-state index contributed by atoms with van der Waals surface area (Å²) in [6, 6.07) is 3.97. The van der Waals surface area contributed by atoms with Gasteiger partial charge >= 0.3 is 5.97 Å². The van der Waals surface area contributed by atoms with Crippen LogP contribution in [0.15, 0.2) is 18.2 Å². The minimum absolute atomic E-state index is 0.0934. The monoisotopic (exact) mass is 322 g/mol. The van der Waals surface area contributed by atoms with Gasteiger partial charge in [-0.3, -0.25) is 4.79 Å². The van der Waals surface area contributed by atoms with Crippen LogP contribution in [-0.4, -0.2) is 18.4 Å². The van der Waals surface area contributed by atoms with E-state index in [1.807, 2.05) is 22.6 Å². The molecule has 1 aromatic rings. The summed E-state index contributed by atoms with van der Waals surface area (Å²) < 4.78 is 18.4. The second kappa shape index (κ2) is 5.20. The molecule has 80 valence electrons. The van der Waals surface area contributed by atoms with Crippen LogP contribution in [0.3, 0.4) is 0 Å². The Morgan fingerprint density at radius 1 is 1.47 bits per heavy atom. The van der Waals surface area contributed by atoms with Crippen LogP contribution < -0.4 is 0 Å². The molecule has 1 rings (SSSR count). The molecule has 3 nitrogen and oxygen atoms in total. The van der Waals surface area contributed by atoms with E-state index in [0.29, 0.717) is 3.57 Å². The highest BCUT2D eigenvalue weighted by molar-refractivity contribution is 14.1. The van der Waals surface area contributed by atoms with Gasteiger partial charge in [-0.25, -0.2) is 9.18 Å². The van der Waals surface area contributed by atoms with Gasteiger partial charge in [0.05, 0.1) is 12.2 Å². The number of hydrogen-bond donors (Lipinski definition) is 0. The number of hydrogen-bond acceptors (Lipinski definition) is 3. The molecule has 0 aliphatic carbocycles. The van der Waals surface area contributed by atoms with Crippen molar-refractivity contribution in [2.75, 3.05) is 6.61 Å². The van der Waals surface area contributed by atoms with Crippen LogP contribution in [0.2, 0.25) is 0 Å². The van der Waals surface area contributed by atoms with Gasteiger partial charge in [-0.1, -0.05) is 0 Å². The van der Waals surface area contributed by atoms with E-state index in [2.05, 4.69) is 4.74 Å². The third-order valence-corrected chi connectivity index (χ3v) is 2.30. The van der Waals surface area contributed by atoms with E-state index in [1.165, 1.54) is 12.1 Å². The first-order valence-corrected chi connectivity index (χ1v) is 5.30. The van der Waals surface area contributed by atoms with Crippen LogP contribution in [0.5, 0.6) is 0 Å². The van der Waals surface area contributed by atoms with E-state index < -0.39 is 17.6 Å². The molecule has 0 fully saturated rings. The lowest BCUT2D eigenvalue weighted by Crippen LogP contribution is -2.18. The van der Waals surface area contributed by atoms with Crippen molar-refractivity contribution >= 4 is 34.3 Å². The molecule has 0 saturated heterocycles. The van der Waals surface area contributed by atoms with Gasteiger partial charge in [0.15, 0.2) is 0 Å². The smallest absolute Gasteiger partial charge is 0.379 e. The summed E-state index contributed by atoms with van der Waals surface area (Å²) in [4.78, 5) is 22.5. The van der Waals surface area contributed by atoms with E-state index in [-0.39, 0.29) is 12.2 Å². The quantitative estimate of drug-likeness (QED) is 0.371. The molecule has 0 aliphatic heterocycles.